The van der Waals surface area contributed by atoms with E-state index in [4.69, 9.17) is 26.7 Å². The van der Waals surface area contributed by atoms with E-state index in [0.717, 1.165) is 6.66 Å². The Kier molecular flexibility index (Phi) is 4.16. The van der Waals surface area contributed by atoms with Crippen LogP contribution in [0.2, 0.25) is 0 Å². The summed E-state index contributed by atoms with van der Waals surface area (Å²) in [6.45, 7) is 1.44. The van der Waals surface area contributed by atoms with Crippen LogP contribution in [0.15, 0.2) is 0 Å². The topological polar surface area (TPSA) is 65.0 Å². The third-order valence-corrected chi connectivity index (χ3v) is 2.55. The fourth-order valence-electron chi connectivity index (χ4n) is 1.42. The highest BCUT2D eigenvalue weighted by Gasteiger charge is 2.36. The molecule has 0 aliphatic carbocycles. The maximum Gasteiger partial charge on any atom is 0.325 e. The van der Waals surface area contributed by atoms with Crippen molar-refractivity contribution in [2.24, 2.45) is 0 Å². The second kappa shape index (κ2) is 4.77. The highest BCUT2D eigenvalue weighted by atomic mass is 31.2. The highest BCUT2D eigenvalue weighted by molar-refractivity contribution is 7.51. The molecule has 0 bridgehead atoms. The second-order valence-corrected chi connectivity index (χ2v) is 5.17. The van der Waals surface area contributed by atoms with Crippen molar-refractivity contribution in [1.82, 2.24) is 0 Å². The molecule has 2 radical (unpaired) electrons. The van der Waals surface area contributed by atoms with Gasteiger partial charge in [0.2, 0.25) is 0 Å². The molecule has 0 saturated carbocycles. The Labute approximate surface area is 84.7 Å². The molecule has 14 heavy (non-hydrogen) atoms. The Morgan fingerprint density at radius 1 is 1.71 bits per heavy atom. The normalized spacial score (nSPS) is 36.9. The van der Waals surface area contributed by atoms with Crippen molar-refractivity contribution in [2.75, 3.05) is 20.4 Å². The van der Waals surface area contributed by atoms with Crippen LogP contribution in [0.4, 0.5) is 0 Å². The molecule has 0 aromatic rings. The van der Waals surface area contributed by atoms with E-state index >= 15 is 0 Å². The van der Waals surface area contributed by atoms with E-state index in [1.807, 2.05) is 0 Å². The molecule has 5 nitrogen and oxygen atoms in total. The number of hydrogen-bond donors (Lipinski definition) is 1. The summed E-state index contributed by atoms with van der Waals surface area (Å²) in [7, 11) is 3.56. The molecule has 1 aliphatic rings. The summed E-state index contributed by atoms with van der Waals surface area (Å²) in [5.74, 6) is 0. The van der Waals surface area contributed by atoms with Crippen LogP contribution in [-0.4, -0.2) is 51.3 Å². The zero-order valence-electron chi connectivity index (χ0n) is 8.25. The Morgan fingerprint density at radius 3 is 2.86 bits per heavy atom. The van der Waals surface area contributed by atoms with E-state index in [1.54, 1.807) is 0 Å². The average Bonchev–Trinajstić information content (AvgIpc) is 2.28. The lowest BCUT2D eigenvalue weighted by atomic mass is 9.96. The molecule has 1 fully saturated rings. The van der Waals surface area contributed by atoms with Gasteiger partial charge in [-0.05, 0) is 6.42 Å². The smallest absolute Gasteiger partial charge is 0.325 e. The van der Waals surface area contributed by atoms with Crippen molar-refractivity contribution in [3.8, 4) is 0 Å². The summed E-state index contributed by atoms with van der Waals surface area (Å²) in [5, 5.41) is 0. The molecule has 4 atom stereocenters. The van der Waals surface area contributed by atoms with Gasteiger partial charge in [-0.3, -0.25) is 4.57 Å². The molecule has 7 heteroatoms. The molecule has 80 valence electrons. The first-order valence-electron chi connectivity index (χ1n) is 4.31. The average molecular weight is 220 g/mol. The van der Waals surface area contributed by atoms with E-state index in [-0.39, 0.29) is 6.10 Å². The van der Waals surface area contributed by atoms with Gasteiger partial charge in [0.15, 0.2) is 0 Å². The number of methoxy groups -OCH3 is 1. The largest absolute Gasteiger partial charge is 0.382 e. The fourth-order valence-corrected chi connectivity index (χ4v) is 2.15. The first-order valence-corrected chi connectivity index (χ1v) is 6.33. The van der Waals surface area contributed by atoms with E-state index in [9.17, 15) is 4.57 Å². The van der Waals surface area contributed by atoms with Crippen molar-refractivity contribution in [3.63, 3.8) is 0 Å². The highest BCUT2D eigenvalue weighted by Crippen LogP contribution is 2.41. The summed E-state index contributed by atoms with van der Waals surface area (Å²) in [6.07, 6.45) is -0.423. The summed E-state index contributed by atoms with van der Waals surface area (Å²) in [5.41, 5.74) is 0. The van der Waals surface area contributed by atoms with Crippen LogP contribution in [-0.2, 0) is 18.6 Å². The summed E-state index contributed by atoms with van der Waals surface area (Å²) in [4.78, 5) is 9.05. The van der Waals surface area contributed by atoms with Crippen molar-refractivity contribution in [2.45, 2.75) is 24.6 Å². The number of hydrogen-bond acceptors (Lipinski definition) is 4. The van der Waals surface area contributed by atoms with Crippen molar-refractivity contribution >= 4 is 15.4 Å². The van der Waals surface area contributed by atoms with Crippen LogP contribution in [0.5, 0.6) is 0 Å². The molecular formula is C7H14BO5P. The van der Waals surface area contributed by atoms with Crippen LogP contribution >= 0.6 is 7.60 Å². The lowest BCUT2D eigenvalue weighted by Crippen LogP contribution is -2.27. The van der Waals surface area contributed by atoms with Gasteiger partial charge >= 0.3 is 7.60 Å². The first kappa shape index (κ1) is 12.2. The number of ether oxygens (including phenoxy) is 2. The Bertz CT molecular complexity index is 230. The molecule has 1 heterocycles. The SMILES string of the molecule is [B][C@H]1CC(OP(C)(=O)O)[C@@H](COC)O1. The zero-order chi connectivity index (χ0) is 10.8. The van der Waals surface area contributed by atoms with Crippen LogP contribution in [0.25, 0.3) is 0 Å². The third-order valence-electron chi connectivity index (χ3n) is 1.89. The van der Waals surface area contributed by atoms with Gasteiger partial charge in [-0.2, -0.15) is 0 Å². The molecule has 0 spiro atoms. The van der Waals surface area contributed by atoms with Gasteiger partial charge in [0, 0.05) is 19.8 Å². The molecule has 1 N–H and O–H groups in total. The van der Waals surface area contributed by atoms with E-state index in [2.05, 4.69) is 0 Å². The number of rotatable bonds is 4. The molecule has 2 unspecified atom stereocenters. The van der Waals surface area contributed by atoms with Gasteiger partial charge in [0.25, 0.3) is 0 Å². The van der Waals surface area contributed by atoms with E-state index < -0.39 is 19.7 Å². The molecule has 1 rings (SSSR count). The summed E-state index contributed by atoms with van der Waals surface area (Å²) < 4.78 is 26.1. The zero-order valence-corrected chi connectivity index (χ0v) is 9.15. The minimum Gasteiger partial charge on any atom is -0.382 e. The van der Waals surface area contributed by atoms with Crippen LogP contribution < -0.4 is 0 Å². The minimum absolute atomic E-state index is 0.304. The van der Waals surface area contributed by atoms with E-state index in [1.165, 1.54) is 7.11 Å². The fraction of sp³-hybridized carbons (Fsp3) is 1.00. The molecule has 0 aromatic heterocycles. The van der Waals surface area contributed by atoms with Gasteiger partial charge in [-0.1, -0.05) is 0 Å². The predicted molar refractivity (Wildman–Crippen MR) is 51.5 cm³/mol. The van der Waals surface area contributed by atoms with Gasteiger partial charge in [-0.25, -0.2) is 0 Å². The van der Waals surface area contributed by atoms with Crippen molar-refractivity contribution < 1.29 is 23.5 Å². The third kappa shape index (κ3) is 3.71. The second-order valence-electron chi connectivity index (χ2n) is 3.35. The van der Waals surface area contributed by atoms with Gasteiger partial charge in [0.05, 0.1) is 12.7 Å². The molecule has 1 aliphatic heterocycles. The molecular weight excluding hydrogens is 206 g/mol. The standard InChI is InChI=1S/C7H14BO5P/c1-11-4-6-5(3-7(8)12-6)13-14(2,9)10/h5-7H,3-4H2,1-2H3,(H,9,10)/t5?,6-,7-/m1/s1. The molecule has 0 aromatic carbocycles. The lowest BCUT2D eigenvalue weighted by molar-refractivity contribution is -0.0123. The van der Waals surface area contributed by atoms with Crippen molar-refractivity contribution in [3.05, 3.63) is 0 Å². The summed E-state index contributed by atoms with van der Waals surface area (Å²) in [6, 6.07) is -0.452. The molecule has 0 amide bonds. The first-order chi connectivity index (χ1) is 6.42. The minimum atomic E-state index is -3.49. The van der Waals surface area contributed by atoms with Crippen LogP contribution in [0, 0.1) is 0 Å². The monoisotopic (exact) mass is 220 g/mol. The van der Waals surface area contributed by atoms with E-state index in [0.29, 0.717) is 13.0 Å². The predicted octanol–water partition coefficient (Wildman–Crippen LogP) is 0.117. The van der Waals surface area contributed by atoms with Crippen molar-refractivity contribution in [1.29, 1.82) is 0 Å². The molecule has 1 saturated heterocycles. The summed E-state index contributed by atoms with van der Waals surface area (Å²) >= 11 is 0. The van der Waals surface area contributed by atoms with Gasteiger partial charge in [-0.15, -0.1) is 0 Å². The van der Waals surface area contributed by atoms with Gasteiger partial charge < -0.3 is 18.9 Å². The lowest BCUT2D eigenvalue weighted by Gasteiger charge is -2.19. The van der Waals surface area contributed by atoms with Gasteiger partial charge in [0.1, 0.15) is 14.0 Å². The van der Waals surface area contributed by atoms with Crippen LogP contribution in [0.3, 0.4) is 0 Å². The Morgan fingerprint density at radius 2 is 2.36 bits per heavy atom. The van der Waals surface area contributed by atoms with Crippen LogP contribution in [0.1, 0.15) is 6.42 Å². The Hall–Kier alpha value is 0.135. The maximum absolute atomic E-state index is 11.0. The Balaban J connectivity index is 2.53. The quantitative estimate of drug-likeness (QED) is 0.538. The maximum atomic E-state index is 11.0.